The minimum absolute atomic E-state index is 0.203. The van der Waals surface area contributed by atoms with Crippen LogP contribution in [0.2, 0.25) is 5.02 Å². The van der Waals surface area contributed by atoms with Crippen LogP contribution in [0.15, 0.2) is 66.7 Å². The Hall–Kier alpha value is -3.38. The summed E-state index contributed by atoms with van der Waals surface area (Å²) >= 11 is 6.03. The largest absolute Gasteiger partial charge is 0.487 e. The van der Waals surface area contributed by atoms with Crippen molar-refractivity contribution in [3.8, 4) is 5.75 Å². The minimum atomic E-state index is -1.04. The number of aryl methyl sites for hydroxylation is 1. The van der Waals surface area contributed by atoms with Gasteiger partial charge in [0.05, 0.1) is 0 Å². The van der Waals surface area contributed by atoms with Gasteiger partial charge in [0.25, 0.3) is 0 Å². The van der Waals surface area contributed by atoms with E-state index in [1.807, 2.05) is 49.4 Å². The Morgan fingerprint density at radius 1 is 1.06 bits per heavy atom. The number of carbonyl (C=O) groups is 2. The predicted octanol–water partition coefficient (Wildman–Crippen LogP) is 5.50. The Morgan fingerprint density at radius 3 is 2.58 bits per heavy atom. The first-order valence-corrected chi connectivity index (χ1v) is 12.4. The molecule has 1 amide bonds. The third-order valence-electron chi connectivity index (χ3n) is 6.43. The maximum atomic E-state index is 14.2. The molecule has 5 nitrogen and oxygen atoms in total. The number of aliphatic carboxylic acids is 1. The van der Waals surface area contributed by atoms with Gasteiger partial charge in [0.1, 0.15) is 23.7 Å². The van der Waals surface area contributed by atoms with Crippen molar-refractivity contribution in [2.24, 2.45) is 0 Å². The second kappa shape index (κ2) is 11.1. The van der Waals surface area contributed by atoms with Gasteiger partial charge in [-0.3, -0.25) is 9.59 Å². The molecular formula is C29H29ClFNO4. The summed E-state index contributed by atoms with van der Waals surface area (Å²) in [4.78, 5) is 25.6. The molecule has 0 radical (unpaired) electrons. The zero-order valence-electron chi connectivity index (χ0n) is 20.2. The monoisotopic (exact) mass is 509 g/mol. The van der Waals surface area contributed by atoms with Gasteiger partial charge in [0, 0.05) is 30.8 Å². The molecular weight excluding hydrogens is 481 g/mol. The molecule has 0 saturated carbocycles. The Balaban J connectivity index is 1.36. The van der Waals surface area contributed by atoms with Crippen molar-refractivity contribution < 1.29 is 23.8 Å². The van der Waals surface area contributed by atoms with Crippen molar-refractivity contribution in [1.82, 2.24) is 4.90 Å². The Labute approximate surface area is 215 Å². The number of hydrogen-bond donors (Lipinski definition) is 1. The Kier molecular flexibility index (Phi) is 7.94. The molecule has 1 atom stereocenters. The summed E-state index contributed by atoms with van der Waals surface area (Å²) in [5.41, 5.74) is 3.03. The van der Waals surface area contributed by atoms with Gasteiger partial charge in [-0.1, -0.05) is 54.1 Å². The average Bonchev–Trinajstić information content (AvgIpc) is 3.16. The molecule has 0 unspecified atom stereocenters. The first-order valence-electron chi connectivity index (χ1n) is 12.0. The molecule has 36 heavy (non-hydrogen) atoms. The fourth-order valence-electron chi connectivity index (χ4n) is 4.69. The van der Waals surface area contributed by atoms with Crippen LogP contribution in [0.25, 0.3) is 0 Å². The van der Waals surface area contributed by atoms with Crippen LogP contribution in [0.1, 0.15) is 35.6 Å². The summed E-state index contributed by atoms with van der Waals surface area (Å²) in [6.45, 7) is 1.94. The molecule has 7 heteroatoms. The van der Waals surface area contributed by atoms with Gasteiger partial charge in [-0.05, 0) is 66.3 Å². The van der Waals surface area contributed by atoms with Crippen LogP contribution in [-0.4, -0.2) is 40.6 Å². The summed E-state index contributed by atoms with van der Waals surface area (Å²) in [6.07, 6.45) is 2.32. The lowest BCUT2D eigenvalue weighted by molar-refractivity contribution is -0.144. The fourth-order valence-corrected chi connectivity index (χ4v) is 4.91. The van der Waals surface area contributed by atoms with Gasteiger partial charge in [-0.25, -0.2) is 4.39 Å². The molecule has 1 aliphatic heterocycles. The van der Waals surface area contributed by atoms with E-state index in [0.717, 1.165) is 22.4 Å². The second-order valence-corrected chi connectivity index (χ2v) is 9.96. The predicted molar refractivity (Wildman–Crippen MR) is 137 cm³/mol. The zero-order chi connectivity index (χ0) is 25.7. The highest BCUT2D eigenvalue weighted by Gasteiger charge is 2.35. The number of fused-ring (bicyclic) bond motifs is 1. The number of halogens is 2. The smallest absolute Gasteiger partial charge is 0.323 e. The van der Waals surface area contributed by atoms with Gasteiger partial charge >= 0.3 is 5.97 Å². The molecule has 0 fully saturated rings. The molecule has 3 aromatic carbocycles. The normalized spacial score (nSPS) is 16.3. The van der Waals surface area contributed by atoms with E-state index in [0.29, 0.717) is 42.8 Å². The topological polar surface area (TPSA) is 66.8 Å². The lowest BCUT2D eigenvalue weighted by Crippen LogP contribution is -2.37. The van der Waals surface area contributed by atoms with Crippen LogP contribution in [0.3, 0.4) is 0 Å². The lowest BCUT2D eigenvalue weighted by atomic mass is 9.91. The lowest BCUT2D eigenvalue weighted by Gasteiger charge is -2.24. The summed E-state index contributed by atoms with van der Waals surface area (Å²) in [5, 5.41) is 9.89. The highest BCUT2D eigenvalue weighted by Crippen LogP contribution is 2.38. The Bertz CT molecular complexity index is 1260. The highest BCUT2D eigenvalue weighted by atomic mass is 35.5. The van der Waals surface area contributed by atoms with Crippen molar-refractivity contribution in [3.05, 3.63) is 99.8 Å². The van der Waals surface area contributed by atoms with Crippen LogP contribution in [-0.2, 0) is 35.3 Å². The van der Waals surface area contributed by atoms with E-state index in [9.17, 15) is 19.1 Å². The first kappa shape index (κ1) is 25.7. The average molecular weight is 510 g/mol. The molecule has 0 spiro atoms. The zero-order valence-corrected chi connectivity index (χ0v) is 20.9. The number of carboxylic acid groups (broad SMARTS) is 1. The van der Waals surface area contributed by atoms with Crippen molar-refractivity contribution >= 4 is 23.5 Å². The van der Waals surface area contributed by atoms with Gasteiger partial charge in [0.2, 0.25) is 5.91 Å². The van der Waals surface area contributed by atoms with Crippen LogP contribution < -0.4 is 4.74 Å². The summed E-state index contributed by atoms with van der Waals surface area (Å²) in [6, 6.07) is 19.9. The molecule has 0 aliphatic carbocycles. The summed E-state index contributed by atoms with van der Waals surface area (Å²) < 4.78 is 20.3. The summed E-state index contributed by atoms with van der Waals surface area (Å²) in [5.74, 6) is -0.712. The van der Waals surface area contributed by atoms with Crippen molar-refractivity contribution in [1.29, 1.82) is 0 Å². The molecule has 1 N–H and O–H groups in total. The fraction of sp³-hybridized carbons (Fsp3) is 0.310. The highest BCUT2D eigenvalue weighted by molar-refractivity contribution is 6.30. The van der Waals surface area contributed by atoms with Crippen LogP contribution >= 0.6 is 11.6 Å². The van der Waals surface area contributed by atoms with Crippen LogP contribution in [0.4, 0.5) is 4.39 Å². The number of nitrogens with zero attached hydrogens (tertiary/aromatic N) is 1. The molecule has 4 rings (SSSR count). The number of benzene rings is 3. The number of carbonyl (C=O) groups excluding carboxylic acids is 1. The molecule has 3 aromatic rings. The molecule has 0 bridgehead atoms. The third kappa shape index (κ3) is 6.64. The molecule has 0 saturated heterocycles. The van der Waals surface area contributed by atoms with E-state index in [-0.39, 0.29) is 24.7 Å². The maximum absolute atomic E-state index is 14.2. The first-order chi connectivity index (χ1) is 17.2. The standard InChI is InChI=1S/C29H29ClFNO4/c1-29(17-22-6-2-3-8-25(22)31)18-23-15-21(9-11-26(23)36-29)10-12-27(33)32(19-28(34)35)14-13-20-5-4-7-24(30)16-20/h2-9,11,15-16H,10,12-14,17-19H2,1H3,(H,34,35)/t29-/m0/s1. The van der Waals surface area contributed by atoms with E-state index in [2.05, 4.69) is 0 Å². The molecule has 188 valence electrons. The SMILES string of the molecule is C[C@]1(Cc2ccccc2F)Cc2cc(CCC(=O)N(CCc3cccc(Cl)c3)CC(=O)O)ccc2O1. The number of rotatable bonds is 10. The Morgan fingerprint density at radius 2 is 1.83 bits per heavy atom. The van der Waals surface area contributed by atoms with Gasteiger partial charge in [-0.2, -0.15) is 0 Å². The van der Waals surface area contributed by atoms with Gasteiger partial charge in [0.15, 0.2) is 0 Å². The maximum Gasteiger partial charge on any atom is 0.323 e. The molecule has 1 aliphatic rings. The van der Waals surface area contributed by atoms with E-state index >= 15 is 0 Å². The van der Waals surface area contributed by atoms with Crippen LogP contribution in [0.5, 0.6) is 5.75 Å². The molecule has 0 aromatic heterocycles. The third-order valence-corrected chi connectivity index (χ3v) is 6.67. The minimum Gasteiger partial charge on any atom is -0.487 e. The van der Waals surface area contributed by atoms with E-state index < -0.39 is 11.6 Å². The van der Waals surface area contributed by atoms with E-state index in [1.54, 1.807) is 18.2 Å². The van der Waals surface area contributed by atoms with Crippen molar-refractivity contribution in [3.63, 3.8) is 0 Å². The number of ether oxygens (including phenoxy) is 1. The van der Waals surface area contributed by atoms with Crippen LogP contribution in [0, 0.1) is 5.82 Å². The van der Waals surface area contributed by atoms with Gasteiger partial charge < -0.3 is 14.7 Å². The number of amides is 1. The second-order valence-electron chi connectivity index (χ2n) is 9.53. The van der Waals surface area contributed by atoms with Gasteiger partial charge in [-0.15, -0.1) is 0 Å². The quantitative estimate of drug-likeness (QED) is 0.391. The summed E-state index contributed by atoms with van der Waals surface area (Å²) in [7, 11) is 0. The van der Waals surface area contributed by atoms with Crippen molar-refractivity contribution in [2.75, 3.05) is 13.1 Å². The number of carboxylic acids is 1. The van der Waals surface area contributed by atoms with Crippen molar-refractivity contribution in [2.45, 2.75) is 44.6 Å². The van der Waals surface area contributed by atoms with E-state index in [1.165, 1.54) is 11.0 Å². The molecule has 1 heterocycles. The number of hydrogen-bond acceptors (Lipinski definition) is 3. The van der Waals surface area contributed by atoms with E-state index in [4.69, 9.17) is 16.3 Å².